The fourth-order valence-corrected chi connectivity index (χ4v) is 3.07. The Kier molecular flexibility index (Phi) is 5.01. The van der Waals surface area contributed by atoms with Crippen LogP contribution in [-0.2, 0) is 6.54 Å². The van der Waals surface area contributed by atoms with E-state index in [0.29, 0.717) is 10.5 Å². The summed E-state index contributed by atoms with van der Waals surface area (Å²) in [5.74, 6) is 0.838. The van der Waals surface area contributed by atoms with Gasteiger partial charge in [0.2, 0.25) is 0 Å². The maximum absolute atomic E-state index is 11.8. The minimum Gasteiger partial charge on any atom is -0.313 e. The van der Waals surface area contributed by atoms with E-state index in [9.17, 15) is 4.79 Å². The van der Waals surface area contributed by atoms with Gasteiger partial charge in [-0.1, -0.05) is 19.8 Å². The molecule has 0 radical (unpaired) electrons. The quantitative estimate of drug-likeness (QED) is 0.927. The molecule has 2 rings (SSSR count). The molecule has 1 fully saturated rings. The van der Waals surface area contributed by atoms with Crippen LogP contribution < -0.4 is 10.9 Å². The molecule has 1 aromatic heterocycles. The maximum Gasteiger partial charge on any atom is 0.264 e. The lowest BCUT2D eigenvalue weighted by atomic mass is 9.87. The molecule has 1 aliphatic rings. The Morgan fingerprint density at radius 3 is 3.11 bits per heavy atom. The van der Waals surface area contributed by atoms with Crippen molar-refractivity contribution in [1.82, 2.24) is 9.88 Å². The summed E-state index contributed by atoms with van der Waals surface area (Å²) in [6.45, 7) is 3.93. The Morgan fingerprint density at radius 1 is 1.50 bits per heavy atom. The van der Waals surface area contributed by atoms with Crippen molar-refractivity contribution in [1.29, 1.82) is 0 Å². The highest BCUT2D eigenvalue weighted by atomic mass is 79.9. The van der Waals surface area contributed by atoms with E-state index in [0.717, 1.165) is 19.0 Å². The molecule has 0 aromatic carbocycles. The van der Waals surface area contributed by atoms with Gasteiger partial charge in [-0.2, -0.15) is 0 Å². The van der Waals surface area contributed by atoms with Crippen molar-refractivity contribution in [2.75, 3.05) is 6.54 Å². The first-order valence-electron chi connectivity index (χ1n) is 6.75. The first-order chi connectivity index (χ1) is 8.66. The van der Waals surface area contributed by atoms with Gasteiger partial charge in [0.1, 0.15) is 0 Å². The molecule has 18 heavy (non-hydrogen) atoms. The van der Waals surface area contributed by atoms with Crippen LogP contribution in [0.4, 0.5) is 0 Å². The highest BCUT2D eigenvalue weighted by molar-refractivity contribution is 9.10. The van der Waals surface area contributed by atoms with Crippen LogP contribution in [0.2, 0.25) is 0 Å². The van der Waals surface area contributed by atoms with Gasteiger partial charge in [0.25, 0.3) is 5.56 Å². The summed E-state index contributed by atoms with van der Waals surface area (Å²) in [5, 5.41) is 3.57. The Hall–Kier alpha value is -0.610. The third-order valence-electron chi connectivity index (χ3n) is 3.70. The number of pyridine rings is 1. The maximum atomic E-state index is 11.8. The zero-order chi connectivity index (χ0) is 13.0. The average Bonchev–Trinajstić information content (AvgIpc) is 2.35. The molecule has 0 bridgehead atoms. The zero-order valence-corrected chi connectivity index (χ0v) is 12.4. The lowest BCUT2D eigenvalue weighted by molar-refractivity contribution is 0.299. The van der Waals surface area contributed by atoms with Crippen LogP contribution in [0.1, 0.15) is 32.6 Å². The molecule has 1 saturated carbocycles. The standard InChI is InChI=1S/C14H21BrN2O/c1-11-4-2-5-12(10-11)16-7-9-17-8-3-6-13(15)14(17)18/h3,6,8,11-12,16H,2,4-5,7,9-10H2,1H3. The second-order valence-electron chi connectivity index (χ2n) is 5.28. The largest absolute Gasteiger partial charge is 0.313 e. The molecule has 4 heteroatoms. The summed E-state index contributed by atoms with van der Waals surface area (Å²) in [6, 6.07) is 4.32. The van der Waals surface area contributed by atoms with Crippen LogP contribution >= 0.6 is 15.9 Å². The first kappa shape index (κ1) is 13.8. The van der Waals surface area contributed by atoms with Crippen molar-refractivity contribution in [2.45, 2.75) is 45.2 Å². The molecule has 100 valence electrons. The fraction of sp³-hybridized carbons (Fsp3) is 0.643. The highest BCUT2D eigenvalue weighted by Crippen LogP contribution is 2.23. The van der Waals surface area contributed by atoms with E-state index in [-0.39, 0.29) is 5.56 Å². The van der Waals surface area contributed by atoms with Crippen LogP contribution in [0, 0.1) is 5.92 Å². The molecule has 0 amide bonds. The van der Waals surface area contributed by atoms with Crippen molar-refractivity contribution in [2.24, 2.45) is 5.92 Å². The van der Waals surface area contributed by atoms with E-state index in [1.807, 2.05) is 12.3 Å². The van der Waals surface area contributed by atoms with Gasteiger partial charge in [0, 0.05) is 25.3 Å². The second kappa shape index (κ2) is 6.53. The molecule has 2 unspecified atom stereocenters. The number of hydrogen-bond donors (Lipinski definition) is 1. The van der Waals surface area contributed by atoms with Crippen LogP contribution in [-0.4, -0.2) is 17.2 Å². The van der Waals surface area contributed by atoms with Crippen molar-refractivity contribution in [3.63, 3.8) is 0 Å². The van der Waals surface area contributed by atoms with E-state index >= 15 is 0 Å². The Labute approximate surface area is 117 Å². The average molecular weight is 313 g/mol. The number of hydrogen-bond acceptors (Lipinski definition) is 2. The van der Waals surface area contributed by atoms with Gasteiger partial charge in [0.15, 0.2) is 0 Å². The lowest BCUT2D eigenvalue weighted by Gasteiger charge is -2.27. The van der Waals surface area contributed by atoms with Crippen LogP contribution in [0.3, 0.4) is 0 Å². The molecule has 0 spiro atoms. The number of halogens is 1. The minimum absolute atomic E-state index is 0.0521. The molecule has 2 atom stereocenters. The van der Waals surface area contributed by atoms with Crippen molar-refractivity contribution < 1.29 is 0 Å². The van der Waals surface area contributed by atoms with Gasteiger partial charge >= 0.3 is 0 Å². The predicted molar refractivity (Wildman–Crippen MR) is 77.8 cm³/mol. The number of nitrogens with one attached hydrogen (secondary N) is 1. The van der Waals surface area contributed by atoms with Crippen molar-refractivity contribution in [3.05, 3.63) is 33.2 Å². The molecular weight excluding hydrogens is 292 g/mol. The number of aromatic nitrogens is 1. The van der Waals surface area contributed by atoms with Crippen molar-refractivity contribution in [3.8, 4) is 0 Å². The monoisotopic (exact) mass is 312 g/mol. The van der Waals surface area contributed by atoms with Crippen LogP contribution in [0.5, 0.6) is 0 Å². The van der Waals surface area contributed by atoms with Crippen LogP contribution in [0.15, 0.2) is 27.6 Å². The lowest BCUT2D eigenvalue weighted by Crippen LogP contribution is -2.36. The molecule has 1 aliphatic carbocycles. The van der Waals surface area contributed by atoms with Gasteiger partial charge in [-0.25, -0.2) is 0 Å². The fourth-order valence-electron chi connectivity index (χ4n) is 2.69. The smallest absolute Gasteiger partial charge is 0.264 e. The summed E-state index contributed by atoms with van der Waals surface area (Å²) in [4.78, 5) is 11.8. The molecule has 0 saturated heterocycles. The van der Waals surface area contributed by atoms with Gasteiger partial charge in [-0.3, -0.25) is 4.79 Å². The van der Waals surface area contributed by atoms with Gasteiger partial charge in [-0.15, -0.1) is 0 Å². The molecule has 1 N–H and O–H groups in total. The summed E-state index contributed by atoms with van der Waals surface area (Å²) < 4.78 is 2.39. The molecule has 0 aliphatic heterocycles. The van der Waals surface area contributed by atoms with Gasteiger partial charge in [0.05, 0.1) is 4.47 Å². The molecule has 1 heterocycles. The van der Waals surface area contributed by atoms with Crippen LogP contribution in [0.25, 0.3) is 0 Å². The third kappa shape index (κ3) is 3.69. The van der Waals surface area contributed by atoms with E-state index in [2.05, 4.69) is 28.2 Å². The van der Waals surface area contributed by atoms with E-state index in [1.54, 1.807) is 10.6 Å². The normalized spacial score (nSPS) is 24.1. The van der Waals surface area contributed by atoms with E-state index < -0.39 is 0 Å². The number of rotatable bonds is 4. The van der Waals surface area contributed by atoms with Gasteiger partial charge in [-0.05, 0) is 46.8 Å². The first-order valence-corrected chi connectivity index (χ1v) is 7.54. The van der Waals surface area contributed by atoms with E-state index in [4.69, 9.17) is 0 Å². The number of nitrogens with zero attached hydrogens (tertiary/aromatic N) is 1. The van der Waals surface area contributed by atoms with E-state index in [1.165, 1.54) is 25.7 Å². The van der Waals surface area contributed by atoms with Crippen molar-refractivity contribution >= 4 is 15.9 Å². The summed E-state index contributed by atoms with van der Waals surface area (Å²) in [5.41, 5.74) is 0.0521. The molecule has 3 nitrogen and oxygen atoms in total. The third-order valence-corrected chi connectivity index (χ3v) is 4.30. The second-order valence-corrected chi connectivity index (χ2v) is 6.13. The van der Waals surface area contributed by atoms with Gasteiger partial charge < -0.3 is 9.88 Å². The molecular formula is C14H21BrN2O. The Morgan fingerprint density at radius 2 is 2.33 bits per heavy atom. The Balaban J connectivity index is 1.81. The topological polar surface area (TPSA) is 34.0 Å². The zero-order valence-electron chi connectivity index (χ0n) is 10.9. The SMILES string of the molecule is CC1CCCC(NCCn2cccc(Br)c2=O)C1. The minimum atomic E-state index is 0.0521. The molecule has 1 aromatic rings. The summed E-state index contributed by atoms with van der Waals surface area (Å²) >= 11 is 3.27. The highest BCUT2D eigenvalue weighted by Gasteiger charge is 2.17. The predicted octanol–water partition coefficient (Wildman–Crippen LogP) is 2.78. The Bertz CT molecular complexity index is 444. The summed E-state index contributed by atoms with van der Waals surface area (Å²) in [7, 11) is 0. The summed E-state index contributed by atoms with van der Waals surface area (Å²) in [6.07, 6.45) is 7.09.